The molecule has 0 aromatic rings. The van der Waals surface area contributed by atoms with Crippen molar-refractivity contribution in [1.29, 1.82) is 0 Å². The summed E-state index contributed by atoms with van der Waals surface area (Å²) < 4.78 is 4.92. The topological polar surface area (TPSA) is 29.5 Å². The van der Waals surface area contributed by atoms with Crippen LogP contribution in [0, 0.1) is 0 Å². The van der Waals surface area contributed by atoms with Gasteiger partial charge in [0.2, 0.25) is 0 Å². The number of amides is 1. The van der Waals surface area contributed by atoms with Crippen LogP contribution in [0.25, 0.3) is 0 Å². The van der Waals surface area contributed by atoms with Gasteiger partial charge in [0.15, 0.2) is 5.56 Å². The van der Waals surface area contributed by atoms with E-state index in [1.165, 1.54) is 0 Å². The lowest BCUT2D eigenvalue weighted by Gasteiger charge is -2.21. The summed E-state index contributed by atoms with van der Waals surface area (Å²) in [6.45, 7) is 7.23. The van der Waals surface area contributed by atoms with Gasteiger partial charge in [0.05, 0.1) is 5.37 Å². The van der Waals surface area contributed by atoms with Crippen molar-refractivity contribution in [2.24, 2.45) is 0 Å². The molecule has 0 N–H and O–H groups in total. The monoisotopic (exact) mass is 247 g/mol. The van der Waals surface area contributed by atoms with Gasteiger partial charge in [0.1, 0.15) is 0 Å². The highest BCUT2D eigenvalue weighted by Gasteiger charge is 2.29. The van der Waals surface area contributed by atoms with Crippen molar-refractivity contribution in [1.82, 2.24) is 4.90 Å². The minimum absolute atomic E-state index is 0.0467. The van der Waals surface area contributed by atoms with Crippen LogP contribution in [-0.4, -0.2) is 21.9 Å². The van der Waals surface area contributed by atoms with Gasteiger partial charge in [-0.2, -0.15) is 0 Å². The van der Waals surface area contributed by atoms with Crippen molar-refractivity contribution in [3.63, 3.8) is 0 Å². The molecule has 2 unspecified atom stereocenters. The van der Waals surface area contributed by atoms with Crippen LogP contribution in [0.2, 0.25) is 0 Å². The fourth-order valence-electron chi connectivity index (χ4n) is 1.26. The summed E-state index contributed by atoms with van der Waals surface area (Å²) in [4.78, 5) is 14.3. The van der Waals surface area contributed by atoms with Gasteiger partial charge < -0.3 is 4.74 Å². The molecule has 15 heavy (non-hydrogen) atoms. The molecule has 3 nitrogen and oxygen atoms in total. The highest BCUT2D eigenvalue weighted by Crippen LogP contribution is 2.34. The minimum Gasteiger partial charge on any atom is -0.430 e. The lowest BCUT2D eigenvalue weighted by Crippen LogP contribution is -2.32. The van der Waals surface area contributed by atoms with Crippen LogP contribution in [0.3, 0.4) is 0 Å². The molecule has 5 heteroatoms. The van der Waals surface area contributed by atoms with Gasteiger partial charge in [0.25, 0.3) is 0 Å². The molecule has 0 aromatic heterocycles. The molecule has 1 heterocycles. The molecule has 0 radical (unpaired) electrons. The Morgan fingerprint density at radius 2 is 2.60 bits per heavy atom. The summed E-state index contributed by atoms with van der Waals surface area (Å²) in [5.74, 6) is 0. The van der Waals surface area contributed by atoms with Crippen LogP contribution >= 0.6 is 23.4 Å². The Morgan fingerprint density at radius 3 is 3.13 bits per heavy atom. The van der Waals surface area contributed by atoms with Crippen LogP contribution in [0.4, 0.5) is 4.79 Å². The van der Waals surface area contributed by atoms with Crippen LogP contribution in [0.1, 0.15) is 20.3 Å². The maximum absolute atomic E-state index is 11.6. The first-order valence-electron chi connectivity index (χ1n) is 4.63. The summed E-state index contributed by atoms with van der Waals surface area (Å²) in [5.41, 5.74) is -0.610. The molecular formula is C10H14ClNO2S. The van der Waals surface area contributed by atoms with Crippen LogP contribution < -0.4 is 0 Å². The standard InChI is InChI=1S/C10H14ClNO2S/c1-4-5-9-12(6-7(2)15-9)10(13)14-8(3)11/h4,6,8-9H,1,5H2,2-3H3. The molecule has 2 atom stereocenters. The molecule has 0 saturated carbocycles. The second-order valence-corrected chi connectivity index (χ2v) is 5.21. The SMILES string of the molecule is C=CCC1SC(C)=CN1C(=O)OC(C)Cl. The van der Waals surface area contributed by atoms with Crippen LogP contribution in [0.5, 0.6) is 0 Å². The summed E-state index contributed by atoms with van der Waals surface area (Å²) in [6.07, 6.45) is 3.88. The number of rotatable bonds is 3. The number of alkyl halides is 1. The highest BCUT2D eigenvalue weighted by atomic mass is 35.5. The zero-order valence-electron chi connectivity index (χ0n) is 8.77. The van der Waals surface area contributed by atoms with E-state index >= 15 is 0 Å². The number of hydrogen-bond donors (Lipinski definition) is 0. The van der Waals surface area contributed by atoms with E-state index in [0.29, 0.717) is 0 Å². The summed E-state index contributed by atoms with van der Waals surface area (Å²) in [5, 5.41) is 0.0467. The Kier molecular flexibility index (Phi) is 4.54. The molecule has 84 valence electrons. The number of thioether (sulfide) groups is 1. The van der Waals surface area contributed by atoms with E-state index < -0.39 is 11.7 Å². The van der Waals surface area contributed by atoms with Crippen molar-refractivity contribution >= 4 is 29.5 Å². The maximum atomic E-state index is 11.6. The van der Waals surface area contributed by atoms with Gasteiger partial charge in [-0.05, 0) is 20.3 Å². The highest BCUT2D eigenvalue weighted by molar-refractivity contribution is 8.03. The van der Waals surface area contributed by atoms with Gasteiger partial charge >= 0.3 is 6.09 Å². The lowest BCUT2D eigenvalue weighted by atomic mass is 10.4. The van der Waals surface area contributed by atoms with Crippen molar-refractivity contribution in [3.8, 4) is 0 Å². The lowest BCUT2D eigenvalue weighted by molar-refractivity contribution is 0.108. The van der Waals surface area contributed by atoms with E-state index in [9.17, 15) is 4.79 Å². The number of carbonyl (C=O) groups excluding carboxylic acids is 1. The van der Waals surface area contributed by atoms with Gasteiger partial charge in [-0.3, -0.25) is 4.90 Å². The average Bonchev–Trinajstić information content (AvgIpc) is 2.46. The fourth-order valence-corrected chi connectivity index (χ4v) is 2.43. The largest absolute Gasteiger partial charge is 0.430 e. The van der Waals surface area contributed by atoms with E-state index in [-0.39, 0.29) is 5.37 Å². The van der Waals surface area contributed by atoms with Crippen LogP contribution in [-0.2, 0) is 4.74 Å². The molecule has 0 fully saturated rings. The number of hydrogen-bond acceptors (Lipinski definition) is 3. The van der Waals surface area contributed by atoms with Crippen LogP contribution in [0.15, 0.2) is 23.8 Å². The van der Waals surface area contributed by atoms with Gasteiger partial charge in [-0.15, -0.1) is 18.3 Å². The second-order valence-electron chi connectivity index (χ2n) is 3.17. The van der Waals surface area contributed by atoms with E-state index in [2.05, 4.69) is 6.58 Å². The van der Waals surface area contributed by atoms with Gasteiger partial charge in [-0.25, -0.2) is 4.79 Å². The molecule has 1 amide bonds. The minimum atomic E-state index is -0.610. The number of carbonyl (C=O) groups is 1. The maximum Gasteiger partial charge on any atom is 0.416 e. The van der Waals surface area contributed by atoms with E-state index in [0.717, 1.165) is 11.3 Å². The van der Waals surface area contributed by atoms with Gasteiger partial charge in [-0.1, -0.05) is 17.7 Å². The zero-order valence-corrected chi connectivity index (χ0v) is 10.3. The average molecular weight is 248 g/mol. The zero-order chi connectivity index (χ0) is 11.4. The molecule has 0 aliphatic carbocycles. The molecule has 0 aromatic carbocycles. The van der Waals surface area contributed by atoms with E-state index in [1.54, 1.807) is 35.9 Å². The third-order valence-electron chi connectivity index (χ3n) is 1.80. The summed E-state index contributed by atoms with van der Waals surface area (Å²) >= 11 is 7.22. The van der Waals surface area contributed by atoms with Crippen molar-refractivity contribution < 1.29 is 9.53 Å². The molecule has 1 aliphatic heterocycles. The molecule has 1 rings (SSSR count). The van der Waals surface area contributed by atoms with Gasteiger partial charge in [0, 0.05) is 11.1 Å². The predicted molar refractivity (Wildman–Crippen MR) is 63.6 cm³/mol. The third kappa shape index (κ3) is 3.47. The first-order valence-corrected chi connectivity index (χ1v) is 5.95. The van der Waals surface area contributed by atoms with Crippen molar-refractivity contribution in [3.05, 3.63) is 23.8 Å². The molecule has 1 aliphatic rings. The smallest absolute Gasteiger partial charge is 0.416 e. The van der Waals surface area contributed by atoms with E-state index in [1.807, 2.05) is 6.92 Å². The van der Waals surface area contributed by atoms with E-state index in [4.69, 9.17) is 16.3 Å². The third-order valence-corrected chi connectivity index (χ3v) is 3.05. The molecular weight excluding hydrogens is 234 g/mol. The first kappa shape index (κ1) is 12.5. The molecule has 0 spiro atoms. The molecule has 0 saturated heterocycles. The Hall–Kier alpha value is -0.610. The quantitative estimate of drug-likeness (QED) is 0.565. The fraction of sp³-hybridized carbons (Fsp3) is 0.500. The van der Waals surface area contributed by atoms with Crippen molar-refractivity contribution in [2.75, 3.05) is 0 Å². The Balaban J connectivity index is 2.64. The summed E-state index contributed by atoms with van der Waals surface area (Å²) in [6, 6.07) is 0. The Labute approximate surface area is 99.1 Å². The predicted octanol–water partition coefficient (Wildman–Crippen LogP) is 3.52. The second kappa shape index (κ2) is 5.47. The normalized spacial score (nSPS) is 22.2. The number of ether oxygens (including phenoxy) is 1. The van der Waals surface area contributed by atoms with Crippen molar-refractivity contribution in [2.45, 2.75) is 31.2 Å². The summed E-state index contributed by atoms with van der Waals surface area (Å²) in [7, 11) is 0. The number of allylic oxidation sites excluding steroid dienone is 1. The molecule has 0 bridgehead atoms. The number of nitrogens with zero attached hydrogens (tertiary/aromatic N) is 1. The Bertz CT molecular complexity index is 291. The first-order chi connectivity index (χ1) is 7.04. The Morgan fingerprint density at radius 1 is 1.93 bits per heavy atom. The number of halogens is 1.